The molecule has 0 aliphatic carbocycles. The molecule has 0 aromatic heterocycles. The maximum atomic E-state index is 10.1. The fraction of sp³-hybridized carbons (Fsp3) is 0.250. The number of aliphatic hydroxyl groups is 1. The van der Waals surface area contributed by atoms with Crippen LogP contribution in [0.4, 0.5) is 0 Å². The Morgan fingerprint density at radius 1 is 1.05 bits per heavy atom. The molecule has 0 fully saturated rings. The van der Waals surface area contributed by atoms with Gasteiger partial charge >= 0.3 is 0 Å². The molecule has 2 atom stereocenters. The Kier molecular flexibility index (Phi) is 5.88. The molecule has 5 heteroatoms. The molecule has 0 spiro atoms. The molecule has 0 bridgehead atoms. The third-order valence-electron chi connectivity index (χ3n) is 3.07. The smallest absolute Gasteiger partial charge is 0.122 e. The summed E-state index contributed by atoms with van der Waals surface area (Å²) in [5.74, 6) is 0.512. The van der Waals surface area contributed by atoms with Gasteiger partial charge in [-0.1, -0.05) is 53.5 Å². The van der Waals surface area contributed by atoms with Crippen molar-refractivity contribution in [2.75, 3.05) is 6.61 Å². The van der Waals surface area contributed by atoms with Gasteiger partial charge in [-0.3, -0.25) is 0 Å². The zero-order chi connectivity index (χ0) is 15.2. The number of nitrogens with two attached hydrogens (primary N) is 1. The van der Waals surface area contributed by atoms with Gasteiger partial charge in [-0.2, -0.15) is 0 Å². The van der Waals surface area contributed by atoms with Crippen LogP contribution in [0.15, 0.2) is 48.5 Å². The van der Waals surface area contributed by atoms with Gasteiger partial charge in [0.25, 0.3) is 0 Å². The SMILES string of the molecule is NC(Cc1ccccc1)C(O)COc1cc(Cl)cc(Cl)c1. The van der Waals surface area contributed by atoms with E-state index in [0.29, 0.717) is 22.2 Å². The van der Waals surface area contributed by atoms with Crippen LogP contribution in [0.2, 0.25) is 10.0 Å². The summed E-state index contributed by atoms with van der Waals surface area (Å²) in [7, 11) is 0. The molecule has 0 amide bonds. The van der Waals surface area contributed by atoms with Crippen molar-refractivity contribution in [1.29, 1.82) is 0 Å². The first kappa shape index (κ1) is 16.1. The third kappa shape index (κ3) is 5.21. The van der Waals surface area contributed by atoms with E-state index in [1.54, 1.807) is 18.2 Å². The van der Waals surface area contributed by atoms with Crippen LogP contribution in [0.1, 0.15) is 5.56 Å². The third-order valence-corrected chi connectivity index (χ3v) is 3.50. The van der Waals surface area contributed by atoms with E-state index in [2.05, 4.69) is 0 Å². The molecule has 2 unspecified atom stereocenters. The van der Waals surface area contributed by atoms with E-state index >= 15 is 0 Å². The summed E-state index contributed by atoms with van der Waals surface area (Å²) >= 11 is 11.8. The molecule has 21 heavy (non-hydrogen) atoms. The lowest BCUT2D eigenvalue weighted by Gasteiger charge is -2.19. The van der Waals surface area contributed by atoms with Gasteiger partial charge in [0, 0.05) is 16.1 Å². The maximum Gasteiger partial charge on any atom is 0.122 e. The van der Waals surface area contributed by atoms with Crippen molar-refractivity contribution in [3.8, 4) is 5.75 Å². The Balaban J connectivity index is 1.87. The zero-order valence-corrected chi connectivity index (χ0v) is 12.9. The van der Waals surface area contributed by atoms with Crippen LogP contribution < -0.4 is 10.5 Å². The summed E-state index contributed by atoms with van der Waals surface area (Å²) in [6.45, 7) is 0.0880. The van der Waals surface area contributed by atoms with E-state index in [9.17, 15) is 5.11 Å². The van der Waals surface area contributed by atoms with Gasteiger partial charge in [0.2, 0.25) is 0 Å². The number of aliphatic hydroxyl groups excluding tert-OH is 1. The Bertz CT molecular complexity index is 557. The minimum atomic E-state index is -0.775. The average Bonchev–Trinajstić information content (AvgIpc) is 2.44. The first-order chi connectivity index (χ1) is 10.0. The summed E-state index contributed by atoms with van der Waals surface area (Å²) in [6.07, 6.45) is -0.190. The van der Waals surface area contributed by atoms with Crippen molar-refractivity contribution in [3.05, 3.63) is 64.1 Å². The maximum absolute atomic E-state index is 10.1. The van der Waals surface area contributed by atoms with E-state index in [1.165, 1.54) is 0 Å². The van der Waals surface area contributed by atoms with Crippen LogP contribution in [0.5, 0.6) is 5.75 Å². The molecule has 0 radical (unpaired) electrons. The molecule has 112 valence electrons. The van der Waals surface area contributed by atoms with Crippen LogP contribution in [-0.4, -0.2) is 23.9 Å². The minimum absolute atomic E-state index is 0.0880. The van der Waals surface area contributed by atoms with Crippen LogP contribution in [0, 0.1) is 0 Å². The van der Waals surface area contributed by atoms with Crippen molar-refractivity contribution < 1.29 is 9.84 Å². The minimum Gasteiger partial charge on any atom is -0.491 e. The fourth-order valence-electron chi connectivity index (χ4n) is 1.94. The molecule has 3 nitrogen and oxygen atoms in total. The molecular weight excluding hydrogens is 309 g/mol. The second kappa shape index (κ2) is 7.66. The number of hydrogen-bond acceptors (Lipinski definition) is 3. The van der Waals surface area contributed by atoms with E-state index in [4.69, 9.17) is 33.7 Å². The van der Waals surface area contributed by atoms with Crippen molar-refractivity contribution >= 4 is 23.2 Å². The zero-order valence-electron chi connectivity index (χ0n) is 11.4. The van der Waals surface area contributed by atoms with E-state index in [1.807, 2.05) is 30.3 Å². The predicted molar refractivity (Wildman–Crippen MR) is 86.1 cm³/mol. The van der Waals surface area contributed by atoms with E-state index < -0.39 is 12.1 Å². The monoisotopic (exact) mass is 325 g/mol. The number of hydrogen-bond donors (Lipinski definition) is 2. The Hall–Kier alpha value is -1.26. The highest BCUT2D eigenvalue weighted by Crippen LogP contribution is 2.24. The number of rotatable bonds is 6. The molecular formula is C16H17Cl2NO2. The second-order valence-electron chi connectivity index (χ2n) is 4.84. The van der Waals surface area contributed by atoms with Crippen LogP contribution in [0.25, 0.3) is 0 Å². The average molecular weight is 326 g/mol. The van der Waals surface area contributed by atoms with Gasteiger partial charge in [0.1, 0.15) is 18.5 Å². The van der Waals surface area contributed by atoms with Gasteiger partial charge in [-0.05, 0) is 30.2 Å². The Labute approximate surface area is 134 Å². The largest absolute Gasteiger partial charge is 0.491 e. The van der Waals surface area contributed by atoms with Gasteiger partial charge in [0.15, 0.2) is 0 Å². The Morgan fingerprint density at radius 2 is 1.67 bits per heavy atom. The fourth-order valence-corrected chi connectivity index (χ4v) is 2.45. The highest BCUT2D eigenvalue weighted by atomic mass is 35.5. The topological polar surface area (TPSA) is 55.5 Å². The molecule has 0 aliphatic heterocycles. The predicted octanol–water partition coefficient (Wildman–Crippen LogP) is 3.30. The molecule has 0 saturated carbocycles. The lowest BCUT2D eigenvalue weighted by Crippen LogP contribution is -2.40. The molecule has 0 heterocycles. The van der Waals surface area contributed by atoms with E-state index in [-0.39, 0.29) is 6.61 Å². The molecule has 2 aromatic rings. The number of ether oxygens (including phenoxy) is 1. The summed E-state index contributed by atoms with van der Waals surface area (Å²) in [6, 6.07) is 14.3. The van der Waals surface area contributed by atoms with Crippen molar-refractivity contribution in [3.63, 3.8) is 0 Å². The number of halogens is 2. The quantitative estimate of drug-likeness (QED) is 0.856. The highest BCUT2D eigenvalue weighted by molar-refractivity contribution is 6.34. The summed E-state index contributed by atoms with van der Waals surface area (Å²) in [4.78, 5) is 0. The lowest BCUT2D eigenvalue weighted by molar-refractivity contribution is 0.0851. The summed E-state index contributed by atoms with van der Waals surface area (Å²) in [5, 5.41) is 11.0. The molecule has 0 aliphatic rings. The van der Waals surface area contributed by atoms with Gasteiger partial charge < -0.3 is 15.6 Å². The van der Waals surface area contributed by atoms with Crippen molar-refractivity contribution in [1.82, 2.24) is 0 Å². The lowest BCUT2D eigenvalue weighted by atomic mass is 10.0. The van der Waals surface area contributed by atoms with Crippen molar-refractivity contribution in [2.24, 2.45) is 5.73 Å². The van der Waals surface area contributed by atoms with Crippen molar-refractivity contribution in [2.45, 2.75) is 18.6 Å². The molecule has 0 saturated heterocycles. The molecule has 2 rings (SSSR count). The summed E-state index contributed by atoms with van der Waals surface area (Å²) < 4.78 is 5.49. The first-order valence-corrected chi connectivity index (χ1v) is 7.36. The van der Waals surface area contributed by atoms with Crippen LogP contribution in [-0.2, 0) is 6.42 Å². The van der Waals surface area contributed by atoms with E-state index in [0.717, 1.165) is 5.56 Å². The van der Waals surface area contributed by atoms with Gasteiger partial charge in [-0.25, -0.2) is 0 Å². The summed E-state index contributed by atoms with van der Waals surface area (Å²) in [5.41, 5.74) is 7.07. The van der Waals surface area contributed by atoms with Crippen LogP contribution in [0.3, 0.4) is 0 Å². The van der Waals surface area contributed by atoms with Gasteiger partial charge in [-0.15, -0.1) is 0 Å². The number of benzene rings is 2. The second-order valence-corrected chi connectivity index (χ2v) is 5.71. The first-order valence-electron chi connectivity index (χ1n) is 6.61. The highest BCUT2D eigenvalue weighted by Gasteiger charge is 2.16. The normalized spacial score (nSPS) is 13.7. The molecule has 2 aromatic carbocycles. The van der Waals surface area contributed by atoms with Gasteiger partial charge in [0.05, 0.1) is 0 Å². The standard InChI is InChI=1S/C16H17Cl2NO2/c17-12-7-13(18)9-14(8-12)21-10-16(20)15(19)6-11-4-2-1-3-5-11/h1-5,7-9,15-16,20H,6,10,19H2. The Morgan fingerprint density at radius 3 is 2.29 bits per heavy atom. The molecule has 3 N–H and O–H groups in total. The van der Waals surface area contributed by atoms with Crippen LogP contribution >= 0.6 is 23.2 Å².